The van der Waals surface area contributed by atoms with Gasteiger partial charge < -0.3 is 5.73 Å². The molecule has 1 rings (SSSR count). The van der Waals surface area contributed by atoms with Crippen LogP contribution in [0.4, 0.5) is 0 Å². The second-order valence-corrected chi connectivity index (χ2v) is 4.34. The van der Waals surface area contributed by atoms with Crippen molar-refractivity contribution in [2.45, 2.75) is 18.9 Å². The molecule has 0 amide bonds. The summed E-state index contributed by atoms with van der Waals surface area (Å²) in [7, 11) is 0. The molecule has 0 fully saturated rings. The lowest BCUT2D eigenvalue weighted by atomic mass is 10.0. The molecular weight excluding hydrogens is 261 g/mol. The van der Waals surface area contributed by atoms with E-state index in [0.29, 0.717) is 11.4 Å². The molecule has 3 heteroatoms. The van der Waals surface area contributed by atoms with Gasteiger partial charge in [0.1, 0.15) is 0 Å². The van der Waals surface area contributed by atoms with Crippen LogP contribution in [0, 0.1) is 12.3 Å². The number of terminal acetylenes is 1. The van der Waals surface area contributed by atoms with Gasteiger partial charge in [0.2, 0.25) is 0 Å². The van der Waals surface area contributed by atoms with Crippen LogP contribution in [-0.4, -0.2) is 0 Å². The van der Waals surface area contributed by atoms with Gasteiger partial charge in [-0.15, -0.1) is 12.3 Å². The Morgan fingerprint density at radius 2 is 2.29 bits per heavy atom. The molecule has 0 saturated carbocycles. The summed E-state index contributed by atoms with van der Waals surface area (Å²) in [6, 6.07) is 5.61. The molecule has 0 aliphatic heterocycles. The van der Waals surface area contributed by atoms with E-state index in [1.54, 1.807) is 0 Å². The van der Waals surface area contributed by atoms with E-state index in [9.17, 15) is 0 Å². The van der Waals surface area contributed by atoms with Gasteiger partial charge in [0, 0.05) is 22.0 Å². The maximum atomic E-state index is 6.04. The fourth-order valence-corrected chi connectivity index (χ4v) is 2.01. The lowest BCUT2D eigenvalue weighted by molar-refractivity contribution is 0.668. The van der Waals surface area contributed by atoms with Crippen LogP contribution < -0.4 is 5.73 Å². The monoisotopic (exact) mass is 271 g/mol. The normalized spacial score (nSPS) is 12.1. The maximum Gasteiger partial charge on any atom is 0.0464 e. The van der Waals surface area contributed by atoms with Crippen LogP contribution in [0.1, 0.15) is 24.4 Å². The van der Waals surface area contributed by atoms with Crippen molar-refractivity contribution >= 4 is 27.5 Å². The van der Waals surface area contributed by atoms with Crippen molar-refractivity contribution in [1.29, 1.82) is 0 Å². The molecule has 0 radical (unpaired) electrons. The summed E-state index contributed by atoms with van der Waals surface area (Å²) in [4.78, 5) is 0. The smallest absolute Gasteiger partial charge is 0.0464 e. The van der Waals surface area contributed by atoms with Gasteiger partial charge in [0.15, 0.2) is 0 Å². The molecule has 2 N–H and O–H groups in total. The van der Waals surface area contributed by atoms with Crippen molar-refractivity contribution in [3.8, 4) is 12.3 Å². The highest BCUT2D eigenvalue weighted by Gasteiger charge is 2.09. The molecule has 1 aromatic rings. The molecule has 1 atom stereocenters. The average molecular weight is 273 g/mol. The minimum atomic E-state index is -0.0772. The Kier molecular flexibility index (Phi) is 4.47. The van der Waals surface area contributed by atoms with Crippen molar-refractivity contribution in [2.24, 2.45) is 5.73 Å². The number of nitrogens with two attached hydrogens (primary N) is 1. The maximum absolute atomic E-state index is 6.04. The number of hydrogen-bond donors (Lipinski definition) is 1. The van der Waals surface area contributed by atoms with Crippen LogP contribution in [0.5, 0.6) is 0 Å². The number of halogens is 2. The molecule has 1 nitrogen and oxygen atoms in total. The van der Waals surface area contributed by atoms with E-state index >= 15 is 0 Å². The summed E-state index contributed by atoms with van der Waals surface area (Å²) >= 11 is 9.38. The van der Waals surface area contributed by atoms with Gasteiger partial charge in [-0.25, -0.2) is 0 Å². The minimum Gasteiger partial charge on any atom is -0.324 e. The molecule has 0 heterocycles. The molecular formula is C11H11BrClN. The SMILES string of the molecule is C#CCCC(N)c1ccc(Br)cc1Cl. The van der Waals surface area contributed by atoms with Gasteiger partial charge >= 0.3 is 0 Å². The Morgan fingerprint density at radius 3 is 2.86 bits per heavy atom. The third kappa shape index (κ3) is 3.02. The van der Waals surface area contributed by atoms with Gasteiger partial charge in [-0.2, -0.15) is 0 Å². The van der Waals surface area contributed by atoms with Gasteiger partial charge in [0.25, 0.3) is 0 Å². The largest absolute Gasteiger partial charge is 0.324 e. The molecule has 14 heavy (non-hydrogen) atoms. The lowest BCUT2D eigenvalue weighted by Gasteiger charge is -2.12. The predicted octanol–water partition coefficient (Wildman–Crippen LogP) is 3.52. The van der Waals surface area contributed by atoms with E-state index in [0.717, 1.165) is 16.5 Å². The fourth-order valence-electron chi connectivity index (χ4n) is 1.20. The quantitative estimate of drug-likeness (QED) is 0.837. The Morgan fingerprint density at radius 1 is 1.57 bits per heavy atom. The van der Waals surface area contributed by atoms with Crippen molar-refractivity contribution in [3.05, 3.63) is 33.3 Å². The van der Waals surface area contributed by atoms with Crippen molar-refractivity contribution < 1.29 is 0 Å². The summed E-state index contributed by atoms with van der Waals surface area (Å²) in [5, 5.41) is 0.684. The number of benzene rings is 1. The molecule has 0 saturated heterocycles. The summed E-state index contributed by atoms with van der Waals surface area (Å²) < 4.78 is 0.954. The summed E-state index contributed by atoms with van der Waals surface area (Å²) in [5.74, 6) is 2.57. The zero-order chi connectivity index (χ0) is 10.6. The molecule has 0 aliphatic carbocycles. The van der Waals surface area contributed by atoms with E-state index < -0.39 is 0 Å². The third-order valence-corrected chi connectivity index (χ3v) is 2.78. The van der Waals surface area contributed by atoms with E-state index in [2.05, 4.69) is 21.9 Å². The van der Waals surface area contributed by atoms with E-state index in [-0.39, 0.29) is 6.04 Å². The Balaban J connectivity index is 2.80. The van der Waals surface area contributed by atoms with Gasteiger partial charge in [0.05, 0.1) is 0 Å². The highest BCUT2D eigenvalue weighted by Crippen LogP contribution is 2.27. The minimum absolute atomic E-state index is 0.0772. The van der Waals surface area contributed by atoms with E-state index in [1.807, 2.05) is 18.2 Å². The highest BCUT2D eigenvalue weighted by atomic mass is 79.9. The first-order valence-electron chi connectivity index (χ1n) is 4.29. The van der Waals surface area contributed by atoms with E-state index in [1.165, 1.54) is 0 Å². The zero-order valence-electron chi connectivity index (χ0n) is 7.63. The Bertz CT molecular complexity index is 357. The number of rotatable bonds is 3. The standard InChI is InChI=1S/C11H11BrClN/c1-2-3-4-11(14)9-6-5-8(12)7-10(9)13/h1,5-7,11H,3-4,14H2. The average Bonchev–Trinajstić information content (AvgIpc) is 2.14. The topological polar surface area (TPSA) is 26.0 Å². The van der Waals surface area contributed by atoms with Crippen LogP contribution in [-0.2, 0) is 0 Å². The van der Waals surface area contributed by atoms with Gasteiger partial charge in [-0.05, 0) is 24.1 Å². The lowest BCUT2D eigenvalue weighted by Crippen LogP contribution is -2.10. The highest BCUT2D eigenvalue weighted by molar-refractivity contribution is 9.10. The van der Waals surface area contributed by atoms with Crippen LogP contribution >= 0.6 is 27.5 Å². The molecule has 0 bridgehead atoms. The second kappa shape index (κ2) is 5.41. The van der Waals surface area contributed by atoms with Crippen LogP contribution in [0.15, 0.2) is 22.7 Å². The molecule has 0 spiro atoms. The Labute approximate surface area is 97.8 Å². The van der Waals surface area contributed by atoms with Crippen LogP contribution in [0.25, 0.3) is 0 Å². The van der Waals surface area contributed by atoms with E-state index in [4.69, 9.17) is 23.8 Å². The molecule has 74 valence electrons. The van der Waals surface area contributed by atoms with Crippen molar-refractivity contribution in [2.75, 3.05) is 0 Å². The number of hydrogen-bond acceptors (Lipinski definition) is 1. The summed E-state index contributed by atoms with van der Waals surface area (Å²) in [5.41, 5.74) is 6.89. The first-order valence-corrected chi connectivity index (χ1v) is 5.46. The zero-order valence-corrected chi connectivity index (χ0v) is 9.98. The summed E-state index contributed by atoms with van der Waals surface area (Å²) in [6.45, 7) is 0. The third-order valence-electron chi connectivity index (χ3n) is 1.96. The first kappa shape index (κ1) is 11.6. The summed E-state index contributed by atoms with van der Waals surface area (Å²) in [6.07, 6.45) is 6.61. The molecule has 0 aromatic heterocycles. The molecule has 1 unspecified atom stereocenters. The van der Waals surface area contributed by atoms with Crippen molar-refractivity contribution in [3.63, 3.8) is 0 Å². The molecule has 1 aromatic carbocycles. The predicted molar refractivity (Wildman–Crippen MR) is 64.1 cm³/mol. The van der Waals surface area contributed by atoms with Crippen LogP contribution in [0.3, 0.4) is 0 Å². The second-order valence-electron chi connectivity index (χ2n) is 3.02. The fraction of sp³-hybridized carbons (Fsp3) is 0.273. The van der Waals surface area contributed by atoms with Gasteiger partial charge in [-0.3, -0.25) is 0 Å². The van der Waals surface area contributed by atoms with Crippen LogP contribution in [0.2, 0.25) is 5.02 Å². The molecule has 0 aliphatic rings. The van der Waals surface area contributed by atoms with Crippen molar-refractivity contribution in [1.82, 2.24) is 0 Å². The van der Waals surface area contributed by atoms with Gasteiger partial charge in [-0.1, -0.05) is 33.6 Å². The first-order chi connectivity index (χ1) is 6.65. The Hall–Kier alpha value is -0.490.